The maximum Gasteiger partial charge on any atom is 0.306 e. The number of fused-ring (bicyclic) bond motifs is 5. The number of esters is 1. The van der Waals surface area contributed by atoms with Crippen molar-refractivity contribution < 1.29 is 57.3 Å². The van der Waals surface area contributed by atoms with Crippen LogP contribution in [0.4, 0.5) is 5.69 Å². The van der Waals surface area contributed by atoms with E-state index in [2.05, 4.69) is 37.3 Å². The van der Waals surface area contributed by atoms with Gasteiger partial charge in [0.2, 0.25) is 0 Å². The minimum Gasteiger partial charge on any atom is -0.495 e. The van der Waals surface area contributed by atoms with Crippen LogP contribution in [-0.4, -0.2) is 144 Å². The molecule has 0 amide bonds. The molecule has 3 heterocycles. The van der Waals surface area contributed by atoms with E-state index >= 15 is 4.79 Å². The highest BCUT2D eigenvalue weighted by Gasteiger charge is 2.60. The van der Waals surface area contributed by atoms with Gasteiger partial charge in [-0.05, 0) is 121 Å². The molecule has 14 heteroatoms. The van der Waals surface area contributed by atoms with Crippen LogP contribution in [0.1, 0.15) is 85.5 Å². The first-order chi connectivity index (χ1) is 29.8. The summed E-state index contributed by atoms with van der Waals surface area (Å²) in [4.78, 5) is 31.5. The molecule has 7 rings (SSSR count). The number of cyclic esters (lactones) is 1. The molecule has 348 valence electrons. The van der Waals surface area contributed by atoms with E-state index in [0.717, 1.165) is 24.9 Å². The number of carbonyl (C=O) groups excluding carboxylic acids is 2. The van der Waals surface area contributed by atoms with Crippen LogP contribution in [0.5, 0.6) is 5.75 Å². The number of hydrogen-bond donors (Lipinski definition) is 2. The molecule has 0 bridgehead atoms. The molecule has 1 aromatic carbocycles. The Kier molecular flexibility index (Phi) is 15.8. The van der Waals surface area contributed by atoms with Crippen molar-refractivity contribution in [2.45, 2.75) is 165 Å². The van der Waals surface area contributed by atoms with E-state index in [-0.39, 0.29) is 72.4 Å². The summed E-state index contributed by atoms with van der Waals surface area (Å²) in [5, 5.41) is 16.4. The smallest absolute Gasteiger partial charge is 0.306 e. The van der Waals surface area contributed by atoms with E-state index in [1.54, 1.807) is 28.4 Å². The number of ether oxygens (including phenoxy) is 9. The molecule has 2 saturated carbocycles. The fourth-order valence-corrected chi connectivity index (χ4v) is 12.1. The van der Waals surface area contributed by atoms with Gasteiger partial charge in [0.1, 0.15) is 30.2 Å². The van der Waals surface area contributed by atoms with Crippen LogP contribution in [0, 0.1) is 35.5 Å². The largest absolute Gasteiger partial charge is 0.495 e. The minimum absolute atomic E-state index is 0.0154. The number of methoxy groups -OCH3 is 4. The Hall–Kier alpha value is -2.66. The zero-order valence-electron chi connectivity index (χ0n) is 38.6. The van der Waals surface area contributed by atoms with Gasteiger partial charge >= 0.3 is 5.97 Å². The molecule has 5 fully saturated rings. The minimum atomic E-state index is -0.845. The SMILES string of the molecule is CC[C@H]1CCC[C@H](O[C@H]2CC[C@H](N(C)C)C(C)O2)[C@@H](C)C(=O)C2=C[C@H]3[C@@H]4C[C@H](O[C@@H]5OC(C)[C@H](OC)C(OC)[C@@H]5OC)C[C@H]4[C@@H](O)[C@H](Nc4ccccc4OC)[C@H]3[C@@H]2CC(=O)O1. The molecule has 3 saturated heterocycles. The summed E-state index contributed by atoms with van der Waals surface area (Å²) < 4.78 is 56.0. The lowest BCUT2D eigenvalue weighted by Gasteiger charge is -2.48. The van der Waals surface area contributed by atoms with Crippen molar-refractivity contribution in [3.05, 3.63) is 35.9 Å². The van der Waals surface area contributed by atoms with Crippen molar-refractivity contribution in [3.63, 3.8) is 0 Å². The number of para-hydroxylation sites is 2. The monoisotopic (exact) mass is 871 g/mol. The van der Waals surface area contributed by atoms with Gasteiger partial charge in [-0.3, -0.25) is 9.59 Å². The summed E-state index contributed by atoms with van der Waals surface area (Å²) in [6.45, 7) is 8.05. The number of carbonyl (C=O) groups is 2. The first kappa shape index (κ1) is 47.3. The first-order valence-corrected chi connectivity index (χ1v) is 23.2. The summed E-state index contributed by atoms with van der Waals surface area (Å²) in [7, 11) is 10.7. The lowest BCUT2D eigenvalue weighted by atomic mass is 9.62. The average Bonchev–Trinajstić information content (AvgIpc) is 3.85. The number of likely N-dealkylation sites (N-methyl/N-ethyl adjacent to an activating group) is 1. The van der Waals surface area contributed by atoms with Gasteiger partial charge in [-0.25, -0.2) is 0 Å². The number of ketones is 1. The Morgan fingerprint density at radius 1 is 0.855 bits per heavy atom. The number of Topliss-reactive ketones (excluding diaryl/α,β-unsaturated/α-hetero) is 1. The molecule has 62 heavy (non-hydrogen) atoms. The van der Waals surface area contributed by atoms with Crippen LogP contribution in [0.2, 0.25) is 0 Å². The topological polar surface area (TPSA) is 153 Å². The molecule has 3 unspecified atom stereocenters. The van der Waals surface area contributed by atoms with Gasteiger partial charge in [0.25, 0.3) is 0 Å². The highest BCUT2D eigenvalue weighted by molar-refractivity contribution is 5.99. The number of allylic oxidation sites excluding steroid dienone is 2. The van der Waals surface area contributed by atoms with Gasteiger partial charge in [-0.15, -0.1) is 0 Å². The summed E-state index contributed by atoms with van der Waals surface area (Å²) >= 11 is 0. The Balaban J connectivity index is 1.22. The summed E-state index contributed by atoms with van der Waals surface area (Å²) in [5.41, 5.74) is 1.35. The highest BCUT2D eigenvalue weighted by atomic mass is 16.7. The lowest BCUT2D eigenvalue weighted by Crippen LogP contribution is -2.59. The van der Waals surface area contributed by atoms with Crippen molar-refractivity contribution in [1.29, 1.82) is 0 Å². The number of nitrogens with zero attached hydrogens (tertiary/aromatic N) is 1. The Bertz CT molecular complexity index is 1690. The van der Waals surface area contributed by atoms with Crippen molar-refractivity contribution in [3.8, 4) is 5.75 Å². The molecule has 19 atom stereocenters. The van der Waals surface area contributed by atoms with E-state index in [1.165, 1.54) is 0 Å². The van der Waals surface area contributed by atoms with E-state index in [4.69, 9.17) is 42.6 Å². The molecule has 2 N–H and O–H groups in total. The van der Waals surface area contributed by atoms with Gasteiger partial charge in [0, 0.05) is 39.2 Å². The normalized spacial score (nSPS) is 42.8. The number of hydrogen-bond acceptors (Lipinski definition) is 14. The molecule has 14 nitrogen and oxygen atoms in total. The maximum atomic E-state index is 15.2. The number of benzene rings is 1. The van der Waals surface area contributed by atoms with Crippen molar-refractivity contribution >= 4 is 17.4 Å². The van der Waals surface area contributed by atoms with Gasteiger partial charge < -0.3 is 58.0 Å². The van der Waals surface area contributed by atoms with Crippen molar-refractivity contribution in [1.82, 2.24) is 4.90 Å². The third kappa shape index (κ3) is 9.65. The number of rotatable bonds is 12. The zero-order valence-corrected chi connectivity index (χ0v) is 38.6. The second-order valence-electron chi connectivity index (χ2n) is 19.0. The van der Waals surface area contributed by atoms with Crippen molar-refractivity contribution in [2.75, 3.05) is 47.9 Å². The Morgan fingerprint density at radius 3 is 2.26 bits per heavy atom. The number of anilines is 1. The van der Waals surface area contributed by atoms with Crippen LogP contribution in [0.3, 0.4) is 0 Å². The number of aliphatic hydroxyl groups excluding tert-OH is 1. The van der Waals surface area contributed by atoms with Crippen LogP contribution < -0.4 is 10.1 Å². The quantitative estimate of drug-likeness (QED) is 0.244. The molecule has 3 aliphatic carbocycles. The first-order valence-electron chi connectivity index (χ1n) is 23.2. The van der Waals surface area contributed by atoms with E-state index in [9.17, 15) is 9.90 Å². The summed E-state index contributed by atoms with van der Waals surface area (Å²) in [5.74, 6) is -1.42. The Labute approximate surface area is 368 Å². The molecule has 3 aliphatic heterocycles. The van der Waals surface area contributed by atoms with Gasteiger partial charge in [0.05, 0.1) is 55.8 Å². The molecule has 0 aromatic heterocycles. The van der Waals surface area contributed by atoms with Gasteiger partial charge in [-0.2, -0.15) is 0 Å². The summed E-state index contributed by atoms with van der Waals surface area (Å²) in [6, 6.07) is 7.42. The average molecular weight is 871 g/mol. The van der Waals surface area contributed by atoms with Crippen LogP contribution >= 0.6 is 0 Å². The van der Waals surface area contributed by atoms with Crippen molar-refractivity contribution in [2.24, 2.45) is 35.5 Å². The highest BCUT2D eigenvalue weighted by Crippen LogP contribution is 2.58. The molecule has 6 aliphatic rings. The molecule has 0 spiro atoms. The molecular weight excluding hydrogens is 797 g/mol. The second-order valence-corrected chi connectivity index (χ2v) is 19.0. The molecule has 1 aromatic rings. The lowest BCUT2D eigenvalue weighted by molar-refractivity contribution is -0.314. The molecular formula is C48H74N2O12. The third-order valence-corrected chi connectivity index (χ3v) is 15.3. The number of aliphatic hydroxyl groups is 1. The van der Waals surface area contributed by atoms with E-state index in [0.29, 0.717) is 49.5 Å². The molecule has 0 radical (unpaired) electrons. The van der Waals surface area contributed by atoms with E-state index in [1.807, 2.05) is 45.0 Å². The van der Waals surface area contributed by atoms with Gasteiger partial charge in [-0.1, -0.05) is 32.1 Å². The fourth-order valence-electron chi connectivity index (χ4n) is 12.1. The van der Waals surface area contributed by atoms with Gasteiger partial charge in [0.15, 0.2) is 18.4 Å². The van der Waals surface area contributed by atoms with Crippen LogP contribution in [-0.2, 0) is 47.5 Å². The second kappa shape index (κ2) is 20.7. The standard InChI is InChI=1S/C48H74N2O12/c1-11-28-15-14-18-37(62-40-20-19-36(50(5)6)26(3)58-40)25(2)43(52)34-23-31-30-21-29(61-48-47(57-10)46(56-9)45(55-8)27(4)59-48)22-33(30)44(53)42(41(31)32(34)24-39(51)60-28)49-35-16-12-13-17-38(35)54-7/h12-13,16-17,23,25-33,36-37,40-42,44-49,53H,11,14-15,18-22,24H2,1-10H3/t25-,26?,27?,28+,29+,30+,31+,32-,33-,36+,37+,40+,41-,42-,44-,45+,46?,47+,48+/m1/s1. The van der Waals surface area contributed by atoms with E-state index < -0.39 is 54.9 Å². The fraction of sp³-hybridized carbons (Fsp3) is 0.792. The summed E-state index contributed by atoms with van der Waals surface area (Å²) in [6.07, 6.45) is 3.24. The van der Waals surface area contributed by atoms with Crippen LogP contribution in [0.15, 0.2) is 35.9 Å². The zero-order chi connectivity index (χ0) is 44.4. The predicted octanol–water partition coefficient (Wildman–Crippen LogP) is 5.78. The predicted molar refractivity (Wildman–Crippen MR) is 232 cm³/mol. The van der Waals surface area contributed by atoms with Crippen LogP contribution in [0.25, 0.3) is 0 Å². The third-order valence-electron chi connectivity index (χ3n) is 15.3. The maximum absolute atomic E-state index is 15.2. The number of nitrogens with one attached hydrogen (secondary N) is 1. The Morgan fingerprint density at radius 2 is 1.58 bits per heavy atom.